The molecule has 3 heterocycles. The van der Waals surface area contributed by atoms with Crippen LogP contribution in [0.1, 0.15) is 27.8 Å². The number of hydrogen-bond acceptors (Lipinski definition) is 2. The van der Waals surface area contributed by atoms with Crippen LogP contribution in [-0.2, 0) is 6.42 Å². The Morgan fingerprint density at radius 1 is 1.09 bits per heavy atom. The van der Waals surface area contributed by atoms with Gasteiger partial charge in [-0.3, -0.25) is 4.79 Å². The number of aromatic nitrogens is 1. The van der Waals surface area contributed by atoms with E-state index in [9.17, 15) is 4.79 Å². The van der Waals surface area contributed by atoms with Crippen molar-refractivity contribution in [2.24, 2.45) is 0 Å². The molecule has 114 valence electrons. The second-order valence-corrected chi connectivity index (χ2v) is 6.31. The predicted molar refractivity (Wildman–Crippen MR) is 90.6 cm³/mol. The van der Waals surface area contributed by atoms with Crippen LogP contribution in [0.5, 0.6) is 0 Å². The van der Waals surface area contributed by atoms with E-state index in [1.807, 2.05) is 35.2 Å². The number of para-hydroxylation sites is 2. The van der Waals surface area contributed by atoms with E-state index in [1.54, 1.807) is 0 Å². The van der Waals surface area contributed by atoms with Gasteiger partial charge in [-0.1, -0.05) is 30.3 Å². The highest BCUT2D eigenvalue weighted by Crippen LogP contribution is 2.43. The monoisotopic (exact) mass is 303 g/mol. The molecule has 0 fully saturated rings. The lowest BCUT2D eigenvalue weighted by molar-refractivity contribution is 0.0639. The number of hydrogen-bond donors (Lipinski definition) is 1. The van der Waals surface area contributed by atoms with Gasteiger partial charge in [0.25, 0.3) is 5.91 Å². The second kappa shape index (κ2) is 4.38. The topological polar surface area (TPSA) is 39.3 Å². The van der Waals surface area contributed by atoms with E-state index >= 15 is 0 Å². The Morgan fingerprint density at radius 2 is 1.87 bits per heavy atom. The van der Waals surface area contributed by atoms with E-state index in [0.717, 1.165) is 29.7 Å². The van der Waals surface area contributed by atoms with Gasteiger partial charge in [0.2, 0.25) is 0 Å². The number of aromatic amines is 1. The molecule has 2 aliphatic heterocycles. The molecule has 0 aliphatic carbocycles. The molecule has 4 nitrogen and oxygen atoms in total. The number of rotatable bonds is 0. The van der Waals surface area contributed by atoms with Crippen LogP contribution in [0, 0.1) is 0 Å². The Morgan fingerprint density at radius 3 is 2.78 bits per heavy atom. The second-order valence-electron chi connectivity index (χ2n) is 6.31. The van der Waals surface area contributed by atoms with Crippen molar-refractivity contribution in [1.82, 2.24) is 9.88 Å². The highest BCUT2D eigenvalue weighted by Gasteiger charge is 2.41. The maximum atomic E-state index is 13.0. The smallest absolute Gasteiger partial charge is 0.257 e. The standard InChI is InChI=1S/C19H17N3O/c1-21-16-9-5-3-7-13(16)19(23)22-11-10-15-17(18(21)22)12-6-2-4-8-14(12)20-15/h2-9,18,20H,10-11H2,1H3. The van der Waals surface area contributed by atoms with Gasteiger partial charge >= 0.3 is 0 Å². The Labute approximate surface area is 134 Å². The molecular weight excluding hydrogens is 286 g/mol. The minimum Gasteiger partial charge on any atom is -0.358 e. The molecule has 1 amide bonds. The van der Waals surface area contributed by atoms with E-state index in [2.05, 4.69) is 35.1 Å². The summed E-state index contributed by atoms with van der Waals surface area (Å²) in [5, 5.41) is 1.22. The SMILES string of the molecule is CN1c2ccccc2C(=O)N2CCc3[nH]c4ccccc4c3C21. The number of H-pyrrole nitrogens is 1. The maximum Gasteiger partial charge on any atom is 0.257 e. The molecule has 2 aromatic carbocycles. The number of carbonyl (C=O) groups is 1. The Hall–Kier alpha value is -2.75. The van der Waals surface area contributed by atoms with E-state index in [-0.39, 0.29) is 12.1 Å². The molecular formula is C19H17N3O. The van der Waals surface area contributed by atoms with Gasteiger partial charge in [-0.05, 0) is 18.2 Å². The number of nitrogens with zero attached hydrogens (tertiary/aromatic N) is 2. The molecule has 2 aliphatic rings. The molecule has 3 aromatic rings. The van der Waals surface area contributed by atoms with Gasteiger partial charge < -0.3 is 14.8 Å². The van der Waals surface area contributed by atoms with Gasteiger partial charge in [-0.2, -0.15) is 0 Å². The lowest BCUT2D eigenvalue weighted by atomic mass is 9.95. The highest BCUT2D eigenvalue weighted by molar-refractivity contribution is 6.03. The number of amides is 1. The molecule has 0 spiro atoms. The fraction of sp³-hybridized carbons (Fsp3) is 0.211. The summed E-state index contributed by atoms with van der Waals surface area (Å²) in [6.07, 6.45) is 0.847. The van der Waals surface area contributed by atoms with Crippen LogP contribution >= 0.6 is 0 Å². The molecule has 0 radical (unpaired) electrons. The zero-order valence-electron chi connectivity index (χ0n) is 12.9. The molecule has 1 N–H and O–H groups in total. The lowest BCUT2D eigenvalue weighted by Gasteiger charge is -2.46. The van der Waals surface area contributed by atoms with Crippen molar-refractivity contribution in [3.63, 3.8) is 0 Å². The van der Waals surface area contributed by atoms with E-state index < -0.39 is 0 Å². The number of benzene rings is 2. The number of anilines is 1. The first kappa shape index (κ1) is 12.8. The first-order valence-electron chi connectivity index (χ1n) is 7.98. The van der Waals surface area contributed by atoms with Gasteiger partial charge in [0, 0.05) is 42.2 Å². The molecule has 0 saturated heterocycles. The van der Waals surface area contributed by atoms with Crippen LogP contribution in [0.25, 0.3) is 10.9 Å². The van der Waals surface area contributed by atoms with Gasteiger partial charge in [-0.25, -0.2) is 0 Å². The molecule has 1 aromatic heterocycles. The first-order chi connectivity index (χ1) is 11.3. The van der Waals surface area contributed by atoms with Crippen LogP contribution < -0.4 is 4.90 Å². The number of fused-ring (bicyclic) bond motifs is 6. The summed E-state index contributed by atoms with van der Waals surface area (Å²) in [6.45, 7) is 0.752. The Bertz CT molecular complexity index is 943. The average Bonchev–Trinajstić information content (AvgIpc) is 2.98. The van der Waals surface area contributed by atoms with Crippen molar-refractivity contribution in [2.75, 3.05) is 18.5 Å². The predicted octanol–water partition coefficient (Wildman–Crippen LogP) is 3.31. The molecule has 1 atom stereocenters. The quantitative estimate of drug-likeness (QED) is 0.692. The van der Waals surface area contributed by atoms with Gasteiger partial charge in [0.1, 0.15) is 6.17 Å². The van der Waals surface area contributed by atoms with Gasteiger partial charge in [0.15, 0.2) is 0 Å². The normalized spacial score (nSPS) is 19.5. The zero-order valence-corrected chi connectivity index (χ0v) is 12.9. The number of nitrogens with one attached hydrogen (secondary N) is 1. The lowest BCUT2D eigenvalue weighted by Crippen LogP contribution is -2.50. The van der Waals surface area contributed by atoms with Crippen molar-refractivity contribution < 1.29 is 4.79 Å². The molecule has 23 heavy (non-hydrogen) atoms. The number of carbonyl (C=O) groups excluding carboxylic acids is 1. The first-order valence-corrected chi connectivity index (χ1v) is 7.98. The minimum atomic E-state index is -0.0303. The van der Waals surface area contributed by atoms with Crippen LogP contribution in [0.3, 0.4) is 0 Å². The molecule has 5 rings (SSSR count). The summed E-state index contributed by atoms with van der Waals surface area (Å²) >= 11 is 0. The van der Waals surface area contributed by atoms with Crippen molar-refractivity contribution in [3.05, 3.63) is 65.4 Å². The van der Waals surface area contributed by atoms with Crippen molar-refractivity contribution in [2.45, 2.75) is 12.6 Å². The third-order valence-corrected chi connectivity index (χ3v) is 5.13. The molecule has 0 saturated carbocycles. The summed E-state index contributed by atoms with van der Waals surface area (Å²) in [6, 6.07) is 16.3. The third-order valence-electron chi connectivity index (χ3n) is 5.13. The third kappa shape index (κ3) is 1.58. The van der Waals surface area contributed by atoms with E-state index in [4.69, 9.17) is 0 Å². The molecule has 1 unspecified atom stereocenters. The summed E-state index contributed by atoms with van der Waals surface area (Å²) in [5.41, 5.74) is 5.47. The van der Waals surface area contributed by atoms with Gasteiger partial charge in [-0.15, -0.1) is 0 Å². The molecule has 4 heteroatoms. The van der Waals surface area contributed by atoms with Crippen LogP contribution in [0.15, 0.2) is 48.5 Å². The maximum absolute atomic E-state index is 13.0. The van der Waals surface area contributed by atoms with Crippen molar-refractivity contribution in [1.29, 1.82) is 0 Å². The van der Waals surface area contributed by atoms with E-state index in [1.165, 1.54) is 16.6 Å². The minimum absolute atomic E-state index is 0.0303. The fourth-order valence-electron chi connectivity index (χ4n) is 4.09. The van der Waals surface area contributed by atoms with Crippen LogP contribution in [0.4, 0.5) is 5.69 Å². The van der Waals surface area contributed by atoms with E-state index in [0.29, 0.717) is 0 Å². The average molecular weight is 303 g/mol. The van der Waals surface area contributed by atoms with Crippen molar-refractivity contribution in [3.8, 4) is 0 Å². The van der Waals surface area contributed by atoms with Crippen LogP contribution in [0.2, 0.25) is 0 Å². The highest BCUT2D eigenvalue weighted by atomic mass is 16.2. The van der Waals surface area contributed by atoms with Gasteiger partial charge in [0.05, 0.1) is 11.3 Å². The Kier molecular flexibility index (Phi) is 2.43. The van der Waals surface area contributed by atoms with Crippen molar-refractivity contribution >= 4 is 22.5 Å². The summed E-state index contributed by atoms with van der Waals surface area (Å²) in [5.74, 6) is 0.139. The van der Waals surface area contributed by atoms with Crippen LogP contribution in [-0.4, -0.2) is 29.4 Å². The summed E-state index contributed by atoms with van der Waals surface area (Å²) in [7, 11) is 2.08. The largest absolute Gasteiger partial charge is 0.358 e. The summed E-state index contributed by atoms with van der Waals surface area (Å²) in [4.78, 5) is 20.7. The Balaban J connectivity index is 1.78. The fourth-order valence-corrected chi connectivity index (χ4v) is 4.09. The summed E-state index contributed by atoms with van der Waals surface area (Å²) < 4.78 is 0. The zero-order chi connectivity index (χ0) is 15.6. The molecule has 0 bridgehead atoms.